The van der Waals surface area contributed by atoms with Crippen LogP contribution in [0.25, 0.3) is 10.9 Å². The second kappa shape index (κ2) is 9.76. The van der Waals surface area contributed by atoms with Gasteiger partial charge in [0, 0.05) is 30.1 Å². The predicted molar refractivity (Wildman–Crippen MR) is 141 cm³/mol. The van der Waals surface area contributed by atoms with Gasteiger partial charge in [-0.15, -0.1) is 0 Å². The van der Waals surface area contributed by atoms with Gasteiger partial charge in [-0.2, -0.15) is 0 Å². The molecule has 0 saturated carbocycles. The Morgan fingerprint density at radius 3 is 2.34 bits per heavy atom. The van der Waals surface area contributed by atoms with Crippen molar-refractivity contribution in [3.8, 4) is 5.88 Å². The van der Waals surface area contributed by atoms with Gasteiger partial charge in [0.05, 0.1) is 23.3 Å². The van der Waals surface area contributed by atoms with Crippen LogP contribution in [0.5, 0.6) is 5.88 Å². The number of aromatic hydroxyl groups is 1. The van der Waals surface area contributed by atoms with Crippen LogP contribution in [-0.2, 0) is 13.1 Å². The number of benzene rings is 3. The molecular weight excluding hydrogens is 436 g/mol. The number of carbonyl (C=O) groups is 1. The molecule has 1 aliphatic rings. The molecule has 0 bridgehead atoms. The summed E-state index contributed by atoms with van der Waals surface area (Å²) >= 11 is 0. The lowest BCUT2D eigenvalue weighted by Gasteiger charge is -2.14. The number of hydrogen-bond donors (Lipinski definition) is 2. The summed E-state index contributed by atoms with van der Waals surface area (Å²) < 4.78 is 1.30. The lowest BCUT2D eigenvalue weighted by atomic mass is 10.0. The number of nitrogens with two attached hydrogens (primary N) is 1. The van der Waals surface area contributed by atoms with Crippen LogP contribution in [0.4, 0.5) is 5.69 Å². The molecule has 2 heterocycles. The van der Waals surface area contributed by atoms with E-state index in [9.17, 15) is 9.90 Å². The van der Waals surface area contributed by atoms with Crippen molar-refractivity contribution in [1.82, 2.24) is 9.47 Å². The monoisotopic (exact) mass is 466 g/mol. The van der Waals surface area contributed by atoms with Crippen LogP contribution < -0.4 is 5.73 Å². The van der Waals surface area contributed by atoms with Gasteiger partial charge in [-0.25, -0.2) is 0 Å². The lowest BCUT2D eigenvalue weighted by Crippen LogP contribution is -2.18. The molecule has 0 aliphatic carbocycles. The number of carbonyl (C=O) groups excluding carboxylic acids is 1. The fourth-order valence-electron chi connectivity index (χ4n) is 4.87. The van der Waals surface area contributed by atoms with Gasteiger partial charge in [0.15, 0.2) is 0 Å². The standard InChI is InChI=1S/C29H30N4O2/c1-20(34)33-26-17-24(30)13-14-25(26)27(29(33)35)28(23-7-3-2-4-8-23)31-18-21-9-11-22(12-10-21)19-32-15-5-6-16-32/h2-4,7-14,17,35H,5-6,15-16,18-19,30H2,1H3. The molecule has 5 rings (SSSR count). The van der Waals surface area contributed by atoms with Crippen molar-refractivity contribution >= 4 is 28.2 Å². The van der Waals surface area contributed by atoms with E-state index in [0.29, 0.717) is 29.0 Å². The molecule has 1 saturated heterocycles. The summed E-state index contributed by atoms with van der Waals surface area (Å²) in [7, 11) is 0. The predicted octanol–water partition coefficient (Wildman–Crippen LogP) is 5.22. The maximum Gasteiger partial charge on any atom is 0.230 e. The quantitative estimate of drug-likeness (QED) is 0.301. The first-order valence-corrected chi connectivity index (χ1v) is 12.1. The molecule has 35 heavy (non-hydrogen) atoms. The Balaban J connectivity index is 1.54. The molecule has 3 aromatic carbocycles. The molecule has 0 atom stereocenters. The van der Waals surface area contributed by atoms with E-state index < -0.39 is 0 Å². The maximum absolute atomic E-state index is 12.4. The van der Waals surface area contributed by atoms with Crippen LogP contribution in [0.15, 0.2) is 77.8 Å². The third-order valence-electron chi connectivity index (χ3n) is 6.61. The molecule has 6 nitrogen and oxygen atoms in total. The Kier molecular flexibility index (Phi) is 6.38. The summed E-state index contributed by atoms with van der Waals surface area (Å²) in [6.45, 7) is 5.22. The number of fused-ring (bicyclic) bond motifs is 1. The first kappa shape index (κ1) is 22.9. The Morgan fingerprint density at radius 1 is 0.971 bits per heavy atom. The molecule has 0 amide bonds. The number of nitrogen functional groups attached to an aromatic ring is 1. The minimum atomic E-state index is -0.287. The molecular formula is C29H30N4O2. The fourth-order valence-corrected chi connectivity index (χ4v) is 4.87. The van der Waals surface area contributed by atoms with E-state index >= 15 is 0 Å². The Labute approximate surface area is 205 Å². The van der Waals surface area contributed by atoms with Crippen LogP contribution in [0.2, 0.25) is 0 Å². The van der Waals surface area contributed by atoms with Crippen LogP contribution in [0, 0.1) is 0 Å². The summed E-state index contributed by atoms with van der Waals surface area (Å²) in [4.78, 5) is 19.9. The zero-order valence-corrected chi connectivity index (χ0v) is 19.9. The largest absolute Gasteiger partial charge is 0.494 e. The van der Waals surface area contributed by atoms with Gasteiger partial charge in [0.1, 0.15) is 0 Å². The molecule has 1 aromatic heterocycles. The van der Waals surface area contributed by atoms with Gasteiger partial charge in [0.2, 0.25) is 11.8 Å². The normalized spacial score (nSPS) is 14.6. The SMILES string of the molecule is CC(=O)n1c(O)c(C(=NCc2ccc(CN3CCCC3)cc2)c2ccccc2)c2ccc(N)cc21. The summed E-state index contributed by atoms with van der Waals surface area (Å²) in [5.41, 5.74) is 11.5. The molecule has 3 N–H and O–H groups in total. The van der Waals surface area contributed by atoms with Crippen molar-refractivity contribution in [2.45, 2.75) is 32.9 Å². The average Bonchev–Trinajstić information content (AvgIpc) is 3.46. The second-order valence-corrected chi connectivity index (χ2v) is 9.16. The number of hydrogen-bond acceptors (Lipinski definition) is 5. The lowest BCUT2D eigenvalue weighted by molar-refractivity contribution is 0.0933. The second-order valence-electron chi connectivity index (χ2n) is 9.16. The van der Waals surface area contributed by atoms with E-state index in [-0.39, 0.29) is 11.8 Å². The number of likely N-dealkylation sites (tertiary alicyclic amines) is 1. The van der Waals surface area contributed by atoms with Crippen molar-refractivity contribution in [2.75, 3.05) is 18.8 Å². The van der Waals surface area contributed by atoms with E-state index in [1.807, 2.05) is 36.4 Å². The first-order chi connectivity index (χ1) is 17.0. The van der Waals surface area contributed by atoms with Crippen molar-refractivity contribution in [3.05, 3.63) is 95.1 Å². The molecule has 0 unspecified atom stereocenters. The van der Waals surface area contributed by atoms with Gasteiger partial charge in [-0.05, 0) is 55.3 Å². The number of nitrogens with zero attached hydrogens (tertiary/aromatic N) is 3. The number of aliphatic imine (C=N–C) groups is 1. The highest BCUT2D eigenvalue weighted by Gasteiger charge is 2.24. The third kappa shape index (κ3) is 4.70. The summed E-state index contributed by atoms with van der Waals surface area (Å²) in [6.07, 6.45) is 2.57. The van der Waals surface area contributed by atoms with Gasteiger partial charge >= 0.3 is 0 Å². The minimum Gasteiger partial charge on any atom is -0.494 e. The molecule has 4 aromatic rings. The van der Waals surface area contributed by atoms with E-state index in [0.717, 1.165) is 23.1 Å². The van der Waals surface area contributed by atoms with Gasteiger partial charge in [-0.3, -0.25) is 19.3 Å². The Hall–Kier alpha value is -3.90. The number of aromatic nitrogens is 1. The summed E-state index contributed by atoms with van der Waals surface area (Å²) in [6, 6.07) is 23.7. The smallest absolute Gasteiger partial charge is 0.230 e. The molecule has 1 aliphatic heterocycles. The van der Waals surface area contributed by atoms with Gasteiger partial charge < -0.3 is 10.8 Å². The highest BCUT2D eigenvalue weighted by Crippen LogP contribution is 2.35. The molecule has 178 valence electrons. The zero-order valence-electron chi connectivity index (χ0n) is 19.9. The highest BCUT2D eigenvalue weighted by molar-refractivity contribution is 6.22. The average molecular weight is 467 g/mol. The third-order valence-corrected chi connectivity index (χ3v) is 6.61. The highest BCUT2D eigenvalue weighted by atomic mass is 16.3. The van der Waals surface area contributed by atoms with E-state index in [4.69, 9.17) is 10.7 Å². The van der Waals surface area contributed by atoms with E-state index in [2.05, 4.69) is 29.2 Å². The maximum atomic E-state index is 12.4. The fraction of sp³-hybridized carbons (Fsp3) is 0.241. The number of rotatable bonds is 6. The van der Waals surface area contributed by atoms with Crippen LogP contribution >= 0.6 is 0 Å². The van der Waals surface area contributed by atoms with Gasteiger partial charge in [-0.1, -0.05) is 54.6 Å². The van der Waals surface area contributed by atoms with Crippen LogP contribution in [-0.4, -0.2) is 39.3 Å². The van der Waals surface area contributed by atoms with Crippen LogP contribution in [0.3, 0.4) is 0 Å². The molecule has 0 radical (unpaired) electrons. The van der Waals surface area contributed by atoms with Crippen molar-refractivity contribution in [3.63, 3.8) is 0 Å². The molecule has 6 heteroatoms. The van der Waals surface area contributed by atoms with E-state index in [1.54, 1.807) is 12.1 Å². The topological polar surface area (TPSA) is 83.9 Å². The first-order valence-electron chi connectivity index (χ1n) is 12.1. The number of anilines is 1. The Morgan fingerprint density at radius 2 is 1.66 bits per heavy atom. The van der Waals surface area contributed by atoms with Gasteiger partial charge in [0.25, 0.3) is 0 Å². The van der Waals surface area contributed by atoms with E-state index in [1.165, 1.54) is 43.0 Å². The summed E-state index contributed by atoms with van der Waals surface area (Å²) in [5, 5.41) is 11.9. The molecule has 1 fully saturated rings. The summed E-state index contributed by atoms with van der Waals surface area (Å²) in [5.74, 6) is -0.410. The van der Waals surface area contributed by atoms with Crippen LogP contribution in [0.1, 0.15) is 46.8 Å². The van der Waals surface area contributed by atoms with Crippen molar-refractivity contribution in [1.29, 1.82) is 0 Å². The minimum absolute atomic E-state index is 0.123. The zero-order chi connectivity index (χ0) is 24.4. The molecule has 0 spiro atoms. The van der Waals surface area contributed by atoms with Crippen molar-refractivity contribution in [2.24, 2.45) is 4.99 Å². The van der Waals surface area contributed by atoms with Crippen molar-refractivity contribution < 1.29 is 9.90 Å². The Bertz CT molecular complexity index is 1380.